The molecule has 0 radical (unpaired) electrons. The molecule has 1 aliphatic rings. The molecule has 0 aromatic carbocycles. The third-order valence-corrected chi connectivity index (χ3v) is 5.14. The molecule has 0 aliphatic heterocycles. The Morgan fingerprint density at radius 2 is 2.04 bits per heavy atom. The second-order valence-electron chi connectivity index (χ2n) is 5.79. The Morgan fingerprint density at radius 3 is 2.64 bits per heavy atom. The fourth-order valence-electron chi connectivity index (χ4n) is 3.06. The summed E-state index contributed by atoms with van der Waals surface area (Å²) in [5, 5.41) is 32.4. The number of anilines is 1. The van der Waals surface area contributed by atoms with Gasteiger partial charge in [-0.1, -0.05) is 12.8 Å². The SMILES string of the molecule is N#Cc1c(NC2CCCC2)nc(SCCO)c(C#N)c1-c1ccco1. The predicted molar refractivity (Wildman–Crippen MR) is 95.1 cm³/mol. The lowest BCUT2D eigenvalue weighted by atomic mass is 10.0. The number of pyridine rings is 1. The number of furan rings is 1. The minimum absolute atomic E-state index is 0.0152. The van der Waals surface area contributed by atoms with Crippen molar-refractivity contribution in [2.45, 2.75) is 36.8 Å². The largest absolute Gasteiger partial charge is 0.464 e. The first-order chi connectivity index (χ1) is 12.3. The third-order valence-electron chi connectivity index (χ3n) is 4.18. The lowest BCUT2D eigenvalue weighted by Crippen LogP contribution is -2.17. The molecule has 0 unspecified atom stereocenters. The van der Waals surface area contributed by atoms with E-state index in [-0.39, 0.29) is 12.6 Å². The Morgan fingerprint density at radius 1 is 1.28 bits per heavy atom. The smallest absolute Gasteiger partial charge is 0.146 e. The van der Waals surface area contributed by atoms with Crippen LogP contribution in [0.3, 0.4) is 0 Å². The molecule has 2 heterocycles. The molecule has 0 atom stereocenters. The number of nitrogens with one attached hydrogen (secondary N) is 1. The Bertz CT molecular complexity index is 815. The first kappa shape index (κ1) is 17.3. The highest BCUT2D eigenvalue weighted by Gasteiger charge is 2.25. The minimum Gasteiger partial charge on any atom is -0.464 e. The van der Waals surface area contributed by atoms with Gasteiger partial charge >= 0.3 is 0 Å². The van der Waals surface area contributed by atoms with Crippen LogP contribution in [0.5, 0.6) is 0 Å². The molecule has 3 rings (SSSR count). The molecule has 0 bridgehead atoms. The fraction of sp³-hybridized carbons (Fsp3) is 0.389. The Balaban J connectivity index is 2.15. The lowest BCUT2D eigenvalue weighted by molar-refractivity contribution is 0.322. The van der Waals surface area contributed by atoms with Gasteiger partial charge in [0.2, 0.25) is 0 Å². The first-order valence-electron chi connectivity index (χ1n) is 8.20. The molecule has 0 spiro atoms. The quantitative estimate of drug-likeness (QED) is 0.764. The molecule has 0 saturated heterocycles. The van der Waals surface area contributed by atoms with Gasteiger partial charge in [0.05, 0.1) is 24.0 Å². The monoisotopic (exact) mass is 354 g/mol. The van der Waals surface area contributed by atoms with Gasteiger partial charge in [0.15, 0.2) is 0 Å². The van der Waals surface area contributed by atoms with Crippen molar-refractivity contribution >= 4 is 17.6 Å². The summed E-state index contributed by atoms with van der Waals surface area (Å²) in [4.78, 5) is 4.54. The summed E-state index contributed by atoms with van der Waals surface area (Å²) in [5.41, 5.74) is 1.10. The third kappa shape index (κ3) is 3.63. The molecular formula is C18H18N4O2S. The van der Waals surface area contributed by atoms with Crippen LogP contribution in [0, 0.1) is 22.7 Å². The molecule has 0 amide bonds. The number of aromatic nitrogens is 1. The molecule has 25 heavy (non-hydrogen) atoms. The highest BCUT2D eigenvalue weighted by atomic mass is 32.2. The summed E-state index contributed by atoms with van der Waals surface area (Å²) in [6.45, 7) is -0.0152. The molecule has 2 N–H and O–H groups in total. The highest BCUT2D eigenvalue weighted by Crippen LogP contribution is 2.37. The zero-order valence-electron chi connectivity index (χ0n) is 13.7. The van der Waals surface area contributed by atoms with E-state index in [0.717, 1.165) is 25.7 Å². The van der Waals surface area contributed by atoms with Crippen LogP contribution in [0.1, 0.15) is 36.8 Å². The summed E-state index contributed by atoms with van der Waals surface area (Å²) < 4.78 is 5.47. The Labute approximate surface area is 150 Å². The van der Waals surface area contributed by atoms with E-state index in [1.165, 1.54) is 18.0 Å². The normalized spacial score (nSPS) is 14.2. The number of hydrogen-bond acceptors (Lipinski definition) is 7. The van der Waals surface area contributed by atoms with Gasteiger partial charge in [-0.15, -0.1) is 11.8 Å². The van der Waals surface area contributed by atoms with Crippen molar-refractivity contribution in [3.8, 4) is 23.5 Å². The van der Waals surface area contributed by atoms with Gasteiger partial charge in [-0.2, -0.15) is 10.5 Å². The molecule has 6 nitrogen and oxygen atoms in total. The van der Waals surface area contributed by atoms with Crippen LogP contribution < -0.4 is 5.32 Å². The summed E-state index contributed by atoms with van der Waals surface area (Å²) in [7, 11) is 0. The predicted octanol–water partition coefficient (Wildman–Crippen LogP) is 3.52. The molecule has 128 valence electrons. The number of nitriles is 2. The van der Waals surface area contributed by atoms with Crippen LogP contribution in [0.15, 0.2) is 27.8 Å². The van der Waals surface area contributed by atoms with E-state index >= 15 is 0 Å². The van der Waals surface area contributed by atoms with E-state index in [9.17, 15) is 10.5 Å². The van der Waals surface area contributed by atoms with Crippen molar-refractivity contribution in [3.63, 3.8) is 0 Å². The second kappa shape index (κ2) is 8.06. The van der Waals surface area contributed by atoms with Crippen molar-refractivity contribution in [2.24, 2.45) is 0 Å². The van der Waals surface area contributed by atoms with Crippen molar-refractivity contribution in [3.05, 3.63) is 29.5 Å². The Hall–Kier alpha value is -2.48. The van der Waals surface area contributed by atoms with Crippen molar-refractivity contribution in [1.82, 2.24) is 4.98 Å². The topological polar surface area (TPSA) is 106 Å². The molecule has 1 saturated carbocycles. The molecule has 1 fully saturated rings. The van der Waals surface area contributed by atoms with Crippen LogP contribution in [0.2, 0.25) is 0 Å². The van der Waals surface area contributed by atoms with Crippen LogP contribution in [-0.2, 0) is 0 Å². The minimum atomic E-state index is -0.0152. The van der Waals surface area contributed by atoms with Crippen LogP contribution >= 0.6 is 11.8 Å². The molecule has 2 aromatic heterocycles. The number of aliphatic hydroxyl groups excluding tert-OH is 1. The summed E-state index contributed by atoms with van der Waals surface area (Å²) >= 11 is 1.30. The lowest BCUT2D eigenvalue weighted by Gasteiger charge is -2.18. The van der Waals surface area contributed by atoms with E-state index in [2.05, 4.69) is 22.4 Å². The zero-order valence-corrected chi connectivity index (χ0v) is 14.5. The van der Waals surface area contributed by atoms with Gasteiger partial charge in [-0.3, -0.25) is 0 Å². The average Bonchev–Trinajstić information content (AvgIpc) is 3.32. The molecule has 7 heteroatoms. The highest BCUT2D eigenvalue weighted by molar-refractivity contribution is 7.99. The Kier molecular flexibility index (Phi) is 5.60. The van der Waals surface area contributed by atoms with Crippen LogP contribution in [-0.4, -0.2) is 28.5 Å². The number of aliphatic hydroxyl groups is 1. The first-order valence-corrected chi connectivity index (χ1v) is 9.19. The van der Waals surface area contributed by atoms with Gasteiger partial charge in [0.1, 0.15) is 34.3 Å². The van der Waals surface area contributed by atoms with E-state index in [1.807, 2.05) is 0 Å². The van der Waals surface area contributed by atoms with Crippen molar-refractivity contribution in [1.29, 1.82) is 10.5 Å². The van der Waals surface area contributed by atoms with Crippen molar-refractivity contribution in [2.75, 3.05) is 17.7 Å². The maximum absolute atomic E-state index is 9.73. The number of nitrogens with zero attached hydrogens (tertiary/aromatic N) is 3. The number of hydrogen-bond donors (Lipinski definition) is 2. The van der Waals surface area contributed by atoms with E-state index in [0.29, 0.717) is 39.0 Å². The maximum Gasteiger partial charge on any atom is 0.146 e. The number of rotatable bonds is 6. The van der Waals surface area contributed by atoms with Gasteiger partial charge in [-0.25, -0.2) is 4.98 Å². The van der Waals surface area contributed by atoms with Gasteiger partial charge in [0, 0.05) is 11.8 Å². The standard InChI is InChI=1S/C18H18N4O2S/c19-10-13-16(15-6-3-8-24-15)14(11-20)18(25-9-7-23)22-17(13)21-12-4-1-2-5-12/h3,6,8,12,23H,1-2,4-5,7,9H2,(H,21,22). The zero-order chi connectivity index (χ0) is 17.6. The maximum atomic E-state index is 9.73. The molecular weight excluding hydrogens is 336 g/mol. The summed E-state index contributed by atoms with van der Waals surface area (Å²) in [5.74, 6) is 1.38. The molecule has 2 aromatic rings. The number of thioether (sulfide) groups is 1. The van der Waals surface area contributed by atoms with Gasteiger partial charge in [-0.05, 0) is 25.0 Å². The fourth-order valence-corrected chi connectivity index (χ4v) is 3.79. The van der Waals surface area contributed by atoms with Crippen LogP contribution in [0.25, 0.3) is 11.3 Å². The average molecular weight is 354 g/mol. The van der Waals surface area contributed by atoms with E-state index in [4.69, 9.17) is 9.52 Å². The molecule has 1 aliphatic carbocycles. The van der Waals surface area contributed by atoms with E-state index in [1.54, 1.807) is 12.1 Å². The second-order valence-corrected chi connectivity index (χ2v) is 6.87. The van der Waals surface area contributed by atoms with Crippen LogP contribution in [0.4, 0.5) is 5.82 Å². The van der Waals surface area contributed by atoms with Crippen molar-refractivity contribution < 1.29 is 9.52 Å². The van der Waals surface area contributed by atoms with E-state index < -0.39 is 0 Å². The summed E-state index contributed by atoms with van der Waals surface area (Å²) in [6, 6.07) is 8.09. The summed E-state index contributed by atoms with van der Waals surface area (Å²) in [6.07, 6.45) is 5.92. The van der Waals surface area contributed by atoms with Gasteiger partial charge < -0.3 is 14.8 Å². The van der Waals surface area contributed by atoms with Gasteiger partial charge in [0.25, 0.3) is 0 Å².